The molecule has 1 N–H and O–H groups in total. The van der Waals surface area contributed by atoms with Crippen LogP contribution in [-0.2, 0) is 10.2 Å². The Balaban J connectivity index is 1.86. The van der Waals surface area contributed by atoms with Crippen LogP contribution in [0.5, 0.6) is 0 Å². The molecule has 0 spiro atoms. The Kier molecular flexibility index (Phi) is 5.45. The number of hydrogen-bond donors (Lipinski definition) is 1. The van der Waals surface area contributed by atoms with E-state index in [9.17, 15) is 8.42 Å². The van der Waals surface area contributed by atoms with Crippen LogP contribution in [0.1, 0.15) is 46.5 Å². The van der Waals surface area contributed by atoms with E-state index in [1.807, 2.05) is 6.92 Å². The van der Waals surface area contributed by atoms with Gasteiger partial charge in [-0.15, -0.1) is 0 Å². The fourth-order valence-electron chi connectivity index (χ4n) is 3.14. The molecule has 2 aliphatic rings. The van der Waals surface area contributed by atoms with Gasteiger partial charge in [-0.05, 0) is 45.1 Å². The lowest BCUT2D eigenvalue weighted by Crippen LogP contribution is -2.49. The summed E-state index contributed by atoms with van der Waals surface area (Å²) < 4.78 is 28.6. The van der Waals surface area contributed by atoms with E-state index in [0.29, 0.717) is 31.6 Å². The zero-order valence-electron chi connectivity index (χ0n) is 13.0. The molecule has 0 radical (unpaired) electrons. The maximum absolute atomic E-state index is 12.6. The van der Waals surface area contributed by atoms with Crippen molar-refractivity contribution in [3.63, 3.8) is 0 Å². The number of piperidine rings is 1. The van der Waals surface area contributed by atoms with Crippen molar-refractivity contribution in [2.45, 2.75) is 58.5 Å². The van der Waals surface area contributed by atoms with Gasteiger partial charge < -0.3 is 5.32 Å². The van der Waals surface area contributed by atoms with Gasteiger partial charge in [-0.1, -0.05) is 13.8 Å². The van der Waals surface area contributed by atoms with E-state index in [-0.39, 0.29) is 6.04 Å². The third kappa shape index (κ3) is 3.72. The molecule has 5 nitrogen and oxygen atoms in total. The molecule has 0 saturated carbocycles. The van der Waals surface area contributed by atoms with Crippen molar-refractivity contribution in [3.05, 3.63) is 0 Å². The van der Waals surface area contributed by atoms with Crippen LogP contribution >= 0.6 is 0 Å². The summed E-state index contributed by atoms with van der Waals surface area (Å²) in [5, 5.41) is 3.45. The van der Waals surface area contributed by atoms with Crippen LogP contribution in [0.4, 0.5) is 0 Å². The molecule has 0 aliphatic carbocycles. The van der Waals surface area contributed by atoms with E-state index >= 15 is 0 Å². The van der Waals surface area contributed by atoms with Crippen LogP contribution in [-0.4, -0.2) is 55.3 Å². The summed E-state index contributed by atoms with van der Waals surface area (Å²) in [6.45, 7) is 9.36. The summed E-state index contributed by atoms with van der Waals surface area (Å²) in [4.78, 5) is 0. The molecule has 2 aliphatic heterocycles. The Morgan fingerprint density at radius 2 is 1.80 bits per heavy atom. The largest absolute Gasteiger partial charge is 0.314 e. The first kappa shape index (κ1) is 16.2. The zero-order chi connectivity index (χ0) is 14.8. The van der Waals surface area contributed by atoms with Gasteiger partial charge in [-0.3, -0.25) is 0 Å². The number of nitrogens with zero attached hydrogens (tertiary/aromatic N) is 2. The van der Waals surface area contributed by atoms with Crippen molar-refractivity contribution >= 4 is 10.2 Å². The van der Waals surface area contributed by atoms with E-state index in [1.54, 1.807) is 8.61 Å². The molecule has 0 aromatic rings. The second-order valence-electron chi connectivity index (χ2n) is 6.52. The Bertz CT molecular complexity index is 403. The first-order valence-electron chi connectivity index (χ1n) is 7.91. The highest BCUT2D eigenvalue weighted by Crippen LogP contribution is 2.26. The van der Waals surface area contributed by atoms with Crippen LogP contribution in [0, 0.1) is 5.92 Å². The van der Waals surface area contributed by atoms with Gasteiger partial charge in [0.2, 0.25) is 0 Å². The maximum atomic E-state index is 12.6. The Labute approximate surface area is 123 Å². The van der Waals surface area contributed by atoms with Crippen LogP contribution in [0.15, 0.2) is 0 Å². The SMILES string of the molecule is CC(C)NCC1CCN(S(=O)(=O)N2CCCC2C)CC1. The summed E-state index contributed by atoms with van der Waals surface area (Å²) in [6, 6.07) is 0.669. The van der Waals surface area contributed by atoms with Crippen molar-refractivity contribution in [2.75, 3.05) is 26.2 Å². The smallest absolute Gasteiger partial charge is 0.282 e. The Hall–Kier alpha value is -0.170. The van der Waals surface area contributed by atoms with Gasteiger partial charge in [0.25, 0.3) is 10.2 Å². The summed E-state index contributed by atoms with van der Waals surface area (Å²) in [5.41, 5.74) is 0. The predicted molar refractivity (Wildman–Crippen MR) is 81.8 cm³/mol. The van der Waals surface area contributed by atoms with E-state index in [2.05, 4.69) is 19.2 Å². The number of hydrogen-bond acceptors (Lipinski definition) is 3. The quantitative estimate of drug-likeness (QED) is 0.836. The van der Waals surface area contributed by atoms with E-state index in [4.69, 9.17) is 0 Å². The molecular formula is C14H29N3O2S. The summed E-state index contributed by atoms with van der Waals surface area (Å²) in [6.07, 6.45) is 3.94. The topological polar surface area (TPSA) is 52.7 Å². The highest BCUT2D eigenvalue weighted by atomic mass is 32.2. The van der Waals surface area contributed by atoms with Gasteiger partial charge >= 0.3 is 0 Å². The van der Waals surface area contributed by atoms with Gasteiger partial charge in [0.15, 0.2) is 0 Å². The summed E-state index contributed by atoms with van der Waals surface area (Å²) in [7, 11) is -3.22. The van der Waals surface area contributed by atoms with E-state index < -0.39 is 10.2 Å². The van der Waals surface area contributed by atoms with Crippen molar-refractivity contribution in [1.29, 1.82) is 0 Å². The molecule has 0 bridgehead atoms. The second-order valence-corrected chi connectivity index (χ2v) is 8.40. The molecule has 2 saturated heterocycles. The molecule has 0 aromatic carbocycles. The average molecular weight is 303 g/mol. The van der Waals surface area contributed by atoms with Gasteiger partial charge in [0.05, 0.1) is 0 Å². The van der Waals surface area contributed by atoms with Gasteiger partial charge in [-0.2, -0.15) is 17.0 Å². The van der Waals surface area contributed by atoms with E-state index in [1.165, 1.54) is 0 Å². The van der Waals surface area contributed by atoms with Crippen LogP contribution in [0.25, 0.3) is 0 Å². The minimum Gasteiger partial charge on any atom is -0.314 e. The Morgan fingerprint density at radius 3 is 2.30 bits per heavy atom. The highest BCUT2D eigenvalue weighted by Gasteiger charge is 2.37. The average Bonchev–Trinajstić information content (AvgIpc) is 2.84. The fourth-order valence-corrected chi connectivity index (χ4v) is 5.03. The zero-order valence-corrected chi connectivity index (χ0v) is 13.8. The molecule has 2 rings (SSSR count). The minimum atomic E-state index is -3.22. The van der Waals surface area contributed by atoms with Crippen molar-refractivity contribution in [1.82, 2.24) is 13.9 Å². The summed E-state index contributed by atoms with van der Waals surface area (Å²) in [5.74, 6) is 0.611. The highest BCUT2D eigenvalue weighted by molar-refractivity contribution is 7.86. The van der Waals surface area contributed by atoms with Crippen LogP contribution in [0.2, 0.25) is 0 Å². The minimum absolute atomic E-state index is 0.167. The fraction of sp³-hybridized carbons (Fsp3) is 1.00. The van der Waals surface area contributed by atoms with Gasteiger partial charge in [0, 0.05) is 31.7 Å². The first-order chi connectivity index (χ1) is 9.41. The van der Waals surface area contributed by atoms with Gasteiger partial charge in [0.1, 0.15) is 0 Å². The normalized spacial score (nSPS) is 27.5. The number of rotatable bonds is 5. The lowest BCUT2D eigenvalue weighted by Gasteiger charge is -2.35. The molecule has 1 unspecified atom stereocenters. The lowest BCUT2D eigenvalue weighted by molar-refractivity contribution is 0.245. The number of nitrogens with one attached hydrogen (secondary N) is 1. The summed E-state index contributed by atoms with van der Waals surface area (Å²) >= 11 is 0. The van der Waals surface area contributed by atoms with Gasteiger partial charge in [-0.25, -0.2) is 0 Å². The third-order valence-electron chi connectivity index (χ3n) is 4.50. The van der Waals surface area contributed by atoms with Crippen molar-refractivity contribution in [2.24, 2.45) is 5.92 Å². The van der Waals surface area contributed by atoms with Crippen LogP contribution in [0.3, 0.4) is 0 Å². The molecular weight excluding hydrogens is 274 g/mol. The Morgan fingerprint density at radius 1 is 1.15 bits per heavy atom. The maximum Gasteiger partial charge on any atom is 0.282 e. The third-order valence-corrected chi connectivity index (χ3v) is 6.66. The standard InChI is InChI=1S/C14H29N3O2S/c1-12(2)15-11-14-6-9-16(10-7-14)20(18,19)17-8-4-5-13(17)3/h12-15H,4-11H2,1-3H3. The molecule has 2 heterocycles. The molecule has 1 atom stereocenters. The van der Waals surface area contributed by atoms with E-state index in [0.717, 1.165) is 32.2 Å². The molecule has 6 heteroatoms. The van der Waals surface area contributed by atoms with Crippen molar-refractivity contribution in [3.8, 4) is 0 Å². The monoisotopic (exact) mass is 303 g/mol. The molecule has 2 fully saturated rings. The molecule has 20 heavy (non-hydrogen) atoms. The molecule has 0 amide bonds. The second kappa shape index (κ2) is 6.73. The van der Waals surface area contributed by atoms with Crippen LogP contribution < -0.4 is 5.32 Å². The molecule has 118 valence electrons. The predicted octanol–water partition coefficient (Wildman–Crippen LogP) is 1.43. The molecule has 0 aromatic heterocycles. The first-order valence-corrected chi connectivity index (χ1v) is 9.31. The van der Waals surface area contributed by atoms with Crippen molar-refractivity contribution < 1.29 is 8.42 Å². The lowest BCUT2D eigenvalue weighted by atomic mass is 9.98.